The lowest BCUT2D eigenvalue weighted by Crippen LogP contribution is -2.50. The minimum absolute atomic E-state index is 0.202. The Kier molecular flexibility index (Phi) is 7.21. The minimum Gasteiger partial charge on any atom is -0.311 e. The zero-order valence-corrected chi connectivity index (χ0v) is 17.8. The van der Waals surface area contributed by atoms with Crippen LogP contribution in [-0.4, -0.2) is 93.0 Å². The van der Waals surface area contributed by atoms with Crippen LogP contribution in [0.25, 0.3) is 0 Å². The second-order valence-corrected chi connectivity index (χ2v) is 9.23. The highest BCUT2D eigenvalue weighted by Crippen LogP contribution is 2.30. The van der Waals surface area contributed by atoms with Crippen LogP contribution in [0, 0.1) is 5.92 Å². The van der Waals surface area contributed by atoms with Crippen LogP contribution in [0.15, 0.2) is 0 Å². The van der Waals surface area contributed by atoms with E-state index in [1.807, 2.05) is 0 Å². The molecule has 4 saturated heterocycles. The molecule has 12 heteroatoms. The van der Waals surface area contributed by atoms with Crippen LogP contribution in [0.5, 0.6) is 0 Å². The van der Waals surface area contributed by atoms with E-state index in [1.165, 1.54) is 37.3 Å². The lowest BCUT2D eigenvalue weighted by Gasteiger charge is -2.29. The molecule has 3 N–H and O–H groups in total. The number of nitrogens with zero attached hydrogens (tertiary/aromatic N) is 3. The Labute approximate surface area is 178 Å². The molecule has 3 unspecified atom stereocenters. The molecule has 0 aromatic heterocycles. The Morgan fingerprint density at radius 1 is 1.27 bits per heavy atom. The number of hydrogen-bond acceptors (Lipinski definition) is 7. The maximum atomic E-state index is 12.5. The number of fused-ring (bicyclic) bond motifs is 2. The molecule has 4 aliphatic heterocycles. The number of carbonyl (C=O) groups is 2. The number of urea groups is 1. The van der Waals surface area contributed by atoms with Crippen molar-refractivity contribution >= 4 is 23.3 Å². The van der Waals surface area contributed by atoms with Gasteiger partial charge in [-0.2, -0.15) is 9.27 Å². The average molecular weight is 446 g/mol. The normalized spacial score (nSPS) is 33.2. The highest BCUT2D eigenvalue weighted by atomic mass is 32.2. The molecule has 170 valence electrons. The fraction of sp³-hybridized carbons (Fsp3) is 0.889. The van der Waals surface area contributed by atoms with E-state index in [0.717, 1.165) is 24.6 Å². The fourth-order valence-electron chi connectivity index (χ4n) is 5.03. The van der Waals surface area contributed by atoms with Crippen LogP contribution in [-0.2, 0) is 25.3 Å². The van der Waals surface area contributed by atoms with Crippen LogP contribution in [0.2, 0.25) is 0 Å². The number of likely N-dealkylation sites (tertiary alicyclic amines) is 1. The average Bonchev–Trinajstić information content (AvgIpc) is 3.27. The number of rotatable bonds is 8. The molecule has 4 fully saturated rings. The first kappa shape index (κ1) is 21.9. The van der Waals surface area contributed by atoms with E-state index >= 15 is 0 Å². The van der Waals surface area contributed by atoms with Gasteiger partial charge in [0.1, 0.15) is 6.04 Å². The third-order valence-corrected chi connectivity index (χ3v) is 6.79. The Morgan fingerprint density at radius 2 is 2.07 bits per heavy atom. The van der Waals surface area contributed by atoms with Gasteiger partial charge in [-0.3, -0.25) is 14.2 Å². The van der Waals surface area contributed by atoms with Crippen molar-refractivity contribution in [3.05, 3.63) is 0 Å². The lowest BCUT2D eigenvalue weighted by atomic mass is 10.0. The van der Waals surface area contributed by atoms with E-state index in [-0.39, 0.29) is 24.5 Å². The highest BCUT2D eigenvalue weighted by Gasteiger charge is 2.48. The Morgan fingerprint density at radius 3 is 2.83 bits per heavy atom. The molecule has 0 aliphatic carbocycles. The third-order valence-electron chi connectivity index (χ3n) is 6.50. The topological polar surface area (TPSA) is 124 Å². The molecule has 3 amide bonds. The third kappa shape index (κ3) is 5.11. The van der Waals surface area contributed by atoms with Crippen LogP contribution in [0.4, 0.5) is 4.79 Å². The largest absolute Gasteiger partial charge is 0.346 e. The first-order valence-electron chi connectivity index (χ1n) is 10.8. The summed E-state index contributed by atoms with van der Waals surface area (Å²) >= 11 is -2.58. The summed E-state index contributed by atoms with van der Waals surface area (Å²) in [5.74, 6) is 0.226. The van der Waals surface area contributed by atoms with Gasteiger partial charge >= 0.3 is 17.4 Å². The zero-order valence-electron chi connectivity index (χ0n) is 17.0. The Balaban J connectivity index is 1.17. The van der Waals surface area contributed by atoms with Gasteiger partial charge in [-0.25, -0.2) is 10.3 Å². The SMILES string of the molecule is O=C(NOC[C@H]1C[C@H](CN2CCCCC2)CN1)C1CCC2CN1C(=O)N2OS(=O)O. The van der Waals surface area contributed by atoms with Crippen LogP contribution < -0.4 is 10.8 Å². The summed E-state index contributed by atoms with van der Waals surface area (Å²) in [5, 5.41) is 4.36. The summed E-state index contributed by atoms with van der Waals surface area (Å²) < 4.78 is 24.4. The van der Waals surface area contributed by atoms with Crippen molar-refractivity contribution in [2.24, 2.45) is 5.92 Å². The van der Waals surface area contributed by atoms with Gasteiger partial charge in [0, 0.05) is 19.1 Å². The fourth-order valence-corrected chi connectivity index (χ4v) is 5.35. The maximum absolute atomic E-state index is 12.5. The lowest BCUT2D eigenvalue weighted by molar-refractivity contribution is -0.139. The Hall–Kier alpha value is -1.31. The molecule has 2 bridgehead atoms. The van der Waals surface area contributed by atoms with Gasteiger partial charge in [-0.05, 0) is 57.7 Å². The van der Waals surface area contributed by atoms with Gasteiger partial charge in [-0.1, -0.05) is 6.42 Å². The first-order valence-corrected chi connectivity index (χ1v) is 11.8. The summed E-state index contributed by atoms with van der Waals surface area (Å²) in [6.07, 6.45) is 5.91. The van der Waals surface area contributed by atoms with E-state index in [1.54, 1.807) is 0 Å². The molecule has 4 heterocycles. The van der Waals surface area contributed by atoms with Crippen molar-refractivity contribution in [1.29, 1.82) is 0 Å². The number of nitrogens with one attached hydrogen (secondary N) is 2. The van der Waals surface area contributed by atoms with Gasteiger partial charge in [0.05, 0.1) is 12.6 Å². The maximum Gasteiger partial charge on any atom is 0.346 e. The minimum atomic E-state index is -2.58. The molecule has 11 nitrogen and oxygen atoms in total. The van der Waals surface area contributed by atoms with Crippen molar-refractivity contribution in [3.8, 4) is 0 Å². The van der Waals surface area contributed by atoms with Gasteiger partial charge in [-0.15, -0.1) is 4.28 Å². The summed E-state index contributed by atoms with van der Waals surface area (Å²) in [7, 11) is 0. The highest BCUT2D eigenvalue weighted by molar-refractivity contribution is 7.74. The molecule has 4 aliphatic rings. The molecule has 0 aromatic carbocycles. The number of hydrogen-bond donors (Lipinski definition) is 3. The quantitative estimate of drug-likeness (QED) is 0.348. The summed E-state index contributed by atoms with van der Waals surface area (Å²) in [6, 6.07) is -1.36. The van der Waals surface area contributed by atoms with Gasteiger partial charge in [0.2, 0.25) is 0 Å². The van der Waals surface area contributed by atoms with Crippen LogP contribution >= 0.6 is 0 Å². The molecule has 0 spiro atoms. The molecule has 30 heavy (non-hydrogen) atoms. The number of amides is 3. The summed E-state index contributed by atoms with van der Waals surface area (Å²) in [4.78, 5) is 34.3. The molecule has 0 saturated carbocycles. The van der Waals surface area contributed by atoms with Gasteiger partial charge in [0.15, 0.2) is 0 Å². The molecule has 4 rings (SSSR count). The van der Waals surface area contributed by atoms with Crippen molar-refractivity contribution in [2.45, 2.75) is 56.7 Å². The number of carbonyl (C=O) groups excluding carboxylic acids is 2. The predicted octanol–water partition coefficient (Wildman–Crippen LogP) is -0.165. The first-order chi connectivity index (χ1) is 14.5. The number of piperidine rings is 2. The monoisotopic (exact) mass is 445 g/mol. The van der Waals surface area contributed by atoms with Crippen molar-refractivity contribution < 1.29 is 27.5 Å². The smallest absolute Gasteiger partial charge is 0.311 e. The van der Waals surface area contributed by atoms with Crippen molar-refractivity contribution in [2.75, 3.05) is 39.3 Å². The number of hydroxylamine groups is 3. The summed E-state index contributed by atoms with van der Waals surface area (Å²) in [5.41, 5.74) is 2.48. The van der Waals surface area contributed by atoms with E-state index in [0.29, 0.717) is 25.4 Å². The van der Waals surface area contributed by atoms with Crippen molar-refractivity contribution in [1.82, 2.24) is 25.7 Å². The molecule has 0 radical (unpaired) electrons. The predicted molar refractivity (Wildman–Crippen MR) is 107 cm³/mol. The molecular weight excluding hydrogens is 414 g/mol. The zero-order chi connectivity index (χ0) is 21.1. The van der Waals surface area contributed by atoms with E-state index < -0.39 is 23.4 Å². The van der Waals surface area contributed by atoms with E-state index in [9.17, 15) is 13.8 Å². The summed E-state index contributed by atoms with van der Waals surface area (Å²) in [6.45, 7) is 5.14. The standard InChI is InChI=1S/C18H31N5O6S/c24-17(16-5-4-15-11-22(16)18(25)23(15)29-30(26)27)20-28-12-14-8-13(9-19-14)10-21-6-2-1-3-7-21/h13-16,19H,1-12H2,(H,20,24)(H,26,27)/t13-,14+,15?,16?/m0/s1. The van der Waals surface area contributed by atoms with E-state index in [4.69, 9.17) is 9.39 Å². The van der Waals surface area contributed by atoms with Gasteiger partial charge < -0.3 is 15.1 Å². The van der Waals surface area contributed by atoms with E-state index in [2.05, 4.69) is 20.0 Å². The molecule has 5 atom stereocenters. The van der Waals surface area contributed by atoms with Crippen LogP contribution in [0.1, 0.15) is 38.5 Å². The van der Waals surface area contributed by atoms with Gasteiger partial charge in [0.25, 0.3) is 5.91 Å². The molecule has 0 aromatic rings. The Bertz CT molecular complexity index is 663. The second-order valence-electron chi connectivity index (χ2n) is 8.64. The molecular formula is C18H31N5O6S. The van der Waals surface area contributed by atoms with Crippen LogP contribution in [0.3, 0.4) is 0 Å². The second kappa shape index (κ2) is 9.88. The van der Waals surface area contributed by atoms with Crippen molar-refractivity contribution in [3.63, 3.8) is 0 Å².